The molecule has 0 spiro atoms. The molecule has 0 saturated heterocycles. The predicted octanol–water partition coefficient (Wildman–Crippen LogP) is 2.91. The summed E-state index contributed by atoms with van der Waals surface area (Å²) < 4.78 is 26.8. The van der Waals surface area contributed by atoms with Crippen molar-refractivity contribution in [2.45, 2.75) is 25.7 Å². The number of hydrogen-bond donors (Lipinski definition) is 0. The summed E-state index contributed by atoms with van der Waals surface area (Å²) in [4.78, 5) is 23.2. The van der Waals surface area contributed by atoms with Crippen molar-refractivity contribution >= 4 is 11.6 Å². The Balaban J connectivity index is 2.27. The third-order valence-electron chi connectivity index (χ3n) is 3.06. The number of Topliss-reactive ketones (excluding diaryl/α,β-unsaturated/α-hetero) is 2. The third-order valence-corrected chi connectivity index (χ3v) is 3.06. The Kier molecular flexibility index (Phi) is 3.31. The zero-order chi connectivity index (χ0) is 12.4. The van der Waals surface area contributed by atoms with Crippen molar-refractivity contribution in [2.24, 2.45) is 5.92 Å². The molecule has 1 saturated carbocycles. The van der Waals surface area contributed by atoms with Crippen LogP contribution in [0.3, 0.4) is 0 Å². The molecule has 0 amide bonds. The number of benzene rings is 1. The average molecular weight is 238 g/mol. The van der Waals surface area contributed by atoms with Gasteiger partial charge >= 0.3 is 0 Å². The molecule has 0 bridgehead atoms. The molecule has 4 heteroatoms. The second kappa shape index (κ2) is 4.73. The van der Waals surface area contributed by atoms with E-state index in [1.807, 2.05) is 0 Å². The van der Waals surface area contributed by atoms with E-state index in [9.17, 15) is 18.4 Å². The molecule has 1 aromatic rings. The van der Waals surface area contributed by atoms with Crippen LogP contribution in [0.15, 0.2) is 18.2 Å². The van der Waals surface area contributed by atoms with Crippen molar-refractivity contribution in [3.63, 3.8) is 0 Å². The van der Waals surface area contributed by atoms with Gasteiger partial charge in [-0.2, -0.15) is 0 Å². The maximum absolute atomic E-state index is 13.4. The topological polar surface area (TPSA) is 34.1 Å². The molecular weight excluding hydrogens is 226 g/mol. The summed E-state index contributed by atoms with van der Waals surface area (Å²) in [5.74, 6) is -2.87. The van der Waals surface area contributed by atoms with E-state index in [4.69, 9.17) is 0 Å². The standard InChI is InChI=1S/C13H12F2O2/c14-10-5-2-6-11(15)12(10)13(17)8-3-1-4-9(16)7-8/h2,5-6,8H,1,3-4,7H2. The van der Waals surface area contributed by atoms with Gasteiger partial charge < -0.3 is 0 Å². The van der Waals surface area contributed by atoms with Crippen LogP contribution < -0.4 is 0 Å². The van der Waals surface area contributed by atoms with Gasteiger partial charge in [0.05, 0.1) is 5.56 Å². The molecule has 1 unspecified atom stereocenters. The minimum Gasteiger partial charge on any atom is -0.300 e. The summed E-state index contributed by atoms with van der Waals surface area (Å²) in [6.45, 7) is 0. The van der Waals surface area contributed by atoms with Crippen molar-refractivity contribution < 1.29 is 18.4 Å². The highest BCUT2D eigenvalue weighted by atomic mass is 19.1. The lowest BCUT2D eigenvalue weighted by Gasteiger charge is -2.19. The van der Waals surface area contributed by atoms with Crippen LogP contribution in [0.2, 0.25) is 0 Å². The van der Waals surface area contributed by atoms with E-state index in [0.717, 1.165) is 12.1 Å². The zero-order valence-electron chi connectivity index (χ0n) is 9.21. The van der Waals surface area contributed by atoms with Crippen molar-refractivity contribution in [1.29, 1.82) is 0 Å². The summed E-state index contributed by atoms with van der Waals surface area (Å²) >= 11 is 0. The maximum Gasteiger partial charge on any atom is 0.172 e. The number of ketones is 2. The minimum absolute atomic E-state index is 0.00801. The lowest BCUT2D eigenvalue weighted by atomic mass is 9.83. The maximum atomic E-state index is 13.4. The summed E-state index contributed by atoms with van der Waals surface area (Å²) in [5.41, 5.74) is -0.507. The first-order valence-electron chi connectivity index (χ1n) is 5.59. The molecule has 2 nitrogen and oxygen atoms in total. The monoisotopic (exact) mass is 238 g/mol. The van der Waals surface area contributed by atoms with Gasteiger partial charge in [-0.3, -0.25) is 9.59 Å². The Bertz CT molecular complexity index is 448. The highest BCUT2D eigenvalue weighted by Gasteiger charge is 2.29. The van der Waals surface area contributed by atoms with Crippen molar-refractivity contribution in [1.82, 2.24) is 0 Å². The molecule has 1 aromatic carbocycles. The van der Waals surface area contributed by atoms with Crippen LogP contribution in [-0.2, 0) is 4.79 Å². The number of rotatable bonds is 2. The quantitative estimate of drug-likeness (QED) is 0.742. The van der Waals surface area contributed by atoms with Crippen molar-refractivity contribution in [2.75, 3.05) is 0 Å². The second-order valence-electron chi connectivity index (χ2n) is 4.29. The fourth-order valence-corrected chi connectivity index (χ4v) is 2.19. The van der Waals surface area contributed by atoms with Crippen LogP contribution in [0.4, 0.5) is 8.78 Å². The van der Waals surface area contributed by atoms with Gasteiger partial charge in [0.15, 0.2) is 5.78 Å². The van der Waals surface area contributed by atoms with Gasteiger partial charge in [-0.05, 0) is 25.0 Å². The van der Waals surface area contributed by atoms with Gasteiger partial charge in [0.2, 0.25) is 0 Å². The van der Waals surface area contributed by atoms with Gasteiger partial charge in [-0.25, -0.2) is 8.78 Å². The SMILES string of the molecule is O=C1CCCC(C(=O)c2c(F)cccc2F)C1. The average Bonchev–Trinajstić information content (AvgIpc) is 2.28. The van der Waals surface area contributed by atoms with Gasteiger partial charge in [0, 0.05) is 18.8 Å². The molecule has 0 radical (unpaired) electrons. The van der Waals surface area contributed by atoms with Crippen molar-refractivity contribution in [3.05, 3.63) is 35.4 Å². The van der Waals surface area contributed by atoms with Crippen LogP contribution >= 0.6 is 0 Å². The summed E-state index contributed by atoms with van der Waals surface area (Å²) in [6, 6.07) is 3.33. The highest BCUT2D eigenvalue weighted by Crippen LogP contribution is 2.27. The Morgan fingerprint density at radius 3 is 2.47 bits per heavy atom. The predicted molar refractivity (Wildman–Crippen MR) is 57.7 cm³/mol. The first-order chi connectivity index (χ1) is 8.09. The summed E-state index contributed by atoms with van der Waals surface area (Å²) in [7, 11) is 0. The first kappa shape index (κ1) is 11.9. The van der Waals surface area contributed by atoms with Crippen molar-refractivity contribution in [3.8, 4) is 0 Å². The minimum atomic E-state index is -0.854. The molecule has 0 aromatic heterocycles. The molecule has 2 rings (SSSR count). The van der Waals surface area contributed by atoms with E-state index in [2.05, 4.69) is 0 Å². The fraction of sp³-hybridized carbons (Fsp3) is 0.385. The van der Waals surface area contributed by atoms with Crippen LogP contribution in [0.25, 0.3) is 0 Å². The molecule has 1 aliphatic carbocycles. The summed E-state index contributed by atoms with van der Waals surface area (Å²) in [6.07, 6.45) is 1.71. The number of halogens is 2. The van der Waals surface area contributed by atoms with Crippen LogP contribution in [0, 0.1) is 17.6 Å². The molecular formula is C13H12F2O2. The largest absolute Gasteiger partial charge is 0.300 e. The van der Waals surface area contributed by atoms with Gasteiger partial charge in [-0.1, -0.05) is 6.07 Å². The first-order valence-corrected chi connectivity index (χ1v) is 5.59. The van der Waals surface area contributed by atoms with E-state index in [1.165, 1.54) is 6.07 Å². The van der Waals surface area contributed by atoms with Gasteiger partial charge in [0.25, 0.3) is 0 Å². The molecule has 0 N–H and O–H groups in total. The van der Waals surface area contributed by atoms with E-state index in [1.54, 1.807) is 0 Å². The van der Waals surface area contributed by atoms with Crippen LogP contribution in [-0.4, -0.2) is 11.6 Å². The lowest BCUT2D eigenvalue weighted by Crippen LogP contribution is -2.24. The smallest absolute Gasteiger partial charge is 0.172 e. The zero-order valence-corrected chi connectivity index (χ0v) is 9.21. The Morgan fingerprint density at radius 1 is 1.24 bits per heavy atom. The van der Waals surface area contributed by atoms with Crippen LogP contribution in [0.1, 0.15) is 36.0 Å². The normalized spacial score (nSPS) is 20.4. The Hall–Kier alpha value is -1.58. The summed E-state index contributed by atoms with van der Waals surface area (Å²) in [5, 5.41) is 0. The molecule has 1 atom stereocenters. The Labute approximate surface area is 97.6 Å². The third kappa shape index (κ3) is 2.40. The van der Waals surface area contributed by atoms with Gasteiger partial charge in [0.1, 0.15) is 17.4 Å². The van der Waals surface area contributed by atoms with Gasteiger partial charge in [-0.15, -0.1) is 0 Å². The van der Waals surface area contributed by atoms with E-state index in [0.29, 0.717) is 19.3 Å². The number of carbonyl (C=O) groups excluding carboxylic acids is 2. The molecule has 0 aliphatic heterocycles. The molecule has 1 fully saturated rings. The van der Waals surface area contributed by atoms with E-state index < -0.39 is 28.9 Å². The number of carbonyl (C=O) groups is 2. The highest BCUT2D eigenvalue weighted by molar-refractivity contribution is 6.00. The van der Waals surface area contributed by atoms with E-state index >= 15 is 0 Å². The van der Waals surface area contributed by atoms with E-state index in [-0.39, 0.29) is 12.2 Å². The van der Waals surface area contributed by atoms with Crippen LogP contribution in [0.5, 0.6) is 0 Å². The Morgan fingerprint density at radius 2 is 1.88 bits per heavy atom. The second-order valence-corrected chi connectivity index (χ2v) is 4.29. The molecule has 90 valence electrons. The molecule has 0 heterocycles. The number of hydrogen-bond acceptors (Lipinski definition) is 2. The molecule has 1 aliphatic rings. The fourth-order valence-electron chi connectivity index (χ4n) is 2.19. The molecule has 17 heavy (non-hydrogen) atoms. The lowest BCUT2D eigenvalue weighted by molar-refractivity contribution is -0.121.